The Bertz CT molecular complexity index is 683. The van der Waals surface area contributed by atoms with Crippen LogP contribution in [0.3, 0.4) is 0 Å². The van der Waals surface area contributed by atoms with Crippen LogP contribution in [0.5, 0.6) is 0 Å². The van der Waals surface area contributed by atoms with Gasteiger partial charge in [0.1, 0.15) is 0 Å². The van der Waals surface area contributed by atoms with E-state index >= 15 is 0 Å². The van der Waals surface area contributed by atoms with E-state index < -0.39 is 0 Å². The molecule has 3 aliphatic heterocycles. The highest BCUT2D eigenvalue weighted by molar-refractivity contribution is 5.94. The summed E-state index contributed by atoms with van der Waals surface area (Å²) in [7, 11) is 0. The molecule has 1 aromatic rings. The lowest BCUT2D eigenvalue weighted by molar-refractivity contribution is 0.00148. The fourth-order valence-corrected chi connectivity index (χ4v) is 5.95. The molecular weight excluding hydrogens is 308 g/mol. The minimum atomic E-state index is 0.232. The number of amides is 1. The molecule has 1 amide bonds. The Morgan fingerprint density at radius 3 is 2.80 bits per heavy atom. The number of benzene rings is 1. The number of likely N-dealkylation sites (tertiary alicyclic amines) is 1. The van der Waals surface area contributed by atoms with Crippen LogP contribution in [0.2, 0.25) is 0 Å². The lowest BCUT2D eigenvalue weighted by atomic mass is 9.68. The summed E-state index contributed by atoms with van der Waals surface area (Å²) in [6.07, 6.45) is 10.3. The van der Waals surface area contributed by atoms with E-state index in [1.165, 1.54) is 45.2 Å². The summed E-state index contributed by atoms with van der Waals surface area (Å²) in [5.41, 5.74) is 2.42. The van der Waals surface area contributed by atoms with Crippen LogP contribution < -0.4 is 0 Å². The Morgan fingerprint density at radius 1 is 1.04 bits per heavy atom. The summed E-state index contributed by atoms with van der Waals surface area (Å²) in [4.78, 5) is 18.1. The molecule has 25 heavy (non-hydrogen) atoms. The maximum Gasteiger partial charge on any atom is 0.254 e. The van der Waals surface area contributed by atoms with Crippen LogP contribution in [-0.2, 0) is 0 Å². The molecule has 3 saturated heterocycles. The molecule has 1 aromatic carbocycles. The monoisotopic (exact) mass is 336 g/mol. The average molecular weight is 336 g/mol. The van der Waals surface area contributed by atoms with Crippen molar-refractivity contribution in [1.29, 1.82) is 0 Å². The Hall–Kier alpha value is -1.61. The van der Waals surface area contributed by atoms with Crippen molar-refractivity contribution in [3.05, 3.63) is 47.5 Å². The Morgan fingerprint density at radius 2 is 1.92 bits per heavy atom. The van der Waals surface area contributed by atoms with E-state index in [9.17, 15) is 4.79 Å². The summed E-state index contributed by atoms with van der Waals surface area (Å²) in [6.45, 7) is 3.38. The molecule has 0 aromatic heterocycles. The maximum atomic E-state index is 13.2. The van der Waals surface area contributed by atoms with Crippen molar-refractivity contribution in [2.45, 2.75) is 50.6 Å². The molecular formula is C22H28N2O. The van der Waals surface area contributed by atoms with E-state index in [1.807, 2.05) is 30.3 Å². The molecule has 132 valence electrons. The summed E-state index contributed by atoms with van der Waals surface area (Å²) in [5, 5.41) is 0. The molecule has 2 bridgehead atoms. The smallest absolute Gasteiger partial charge is 0.254 e. The number of fused-ring (bicyclic) bond motifs is 6. The minimum absolute atomic E-state index is 0.232. The van der Waals surface area contributed by atoms with Crippen LogP contribution in [0.25, 0.3) is 0 Å². The molecule has 0 unspecified atom stereocenters. The van der Waals surface area contributed by atoms with Crippen molar-refractivity contribution in [2.24, 2.45) is 11.8 Å². The third-order valence-corrected chi connectivity index (χ3v) is 6.94. The van der Waals surface area contributed by atoms with Crippen LogP contribution in [-0.4, -0.2) is 47.4 Å². The highest BCUT2D eigenvalue weighted by atomic mass is 16.2. The van der Waals surface area contributed by atoms with E-state index in [4.69, 9.17) is 0 Å². The Labute approximate surface area is 150 Å². The fraction of sp³-hybridized carbons (Fsp3) is 0.591. The van der Waals surface area contributed by atoms with Gasteiger partial charge in [-0.15, -0.1) is 0 Å². The standard InChI is InChI=1S/C22H28N2O/c25-22(16-7-2-1-3-8-16)24-12-6-9-17-13-18-14-19(21(17)24)15-23-11-5-4-10-20(18)23/h1-3,7-8,13,18-21H,4-6,9-12,14-15H2/t18-,19+,20+,21-/m1/s1. The zero-order valence-electron chi connectivity index (χ0n) is 14.9. The first-order chi connectivity index (χ1) is 12.3. The quantitative estimate of drug-likeness (QED) is 0.730. The molecule has 3 fully saturated rings. The van der Waals surface area contributed by atoms with Crippen LogP contribution in [0, 0.1) is 11.8 Å². The molecule has 3 heterocycles. The second kappa shape index (κ2) is 6.28. The number of carbonyl (C=O) groups is 1. The zero-order chi connectivity index (χ0) is 16.8. The van der Waals surface area contributed by atoms with Gasteiger partial charge in [0.25, 0.3) is 5.91 Å². The van der Waals surface area contributed by atoms with Crippen molar-refractivity contribution >= 4 is 5.91 Å². The predicted molar refractivity (Wildman–Crippen MR) is 99.4 cm³/mol. The van der Waals surface area contributed by atoms with Crippen LogP contribution in [0.1, 0.15) is 48.9 Å². The molecule has 5 rings (SSSR count). The van der Waals surface area contributed by atoms with E-state index in [2.05, 4.69) is 15.9 Å². The summed E-state index contributed by atoms with van der Waals surface area (Å²) in [5.74, 6) is 1.60. The fourth-order valence-electron chi connectivity index (χ4n) is 5.95. The van der Waals surface area contributed by atoms with Gasteiger partial charge in [-0.3, -0.25) is 9.69 Å². The Kier molecular flexibility index (Phi) is 3.93. The van der Waals surface area contributed by atoms with Crippen LogP contribution in [0.4, 0.5) is 0 Å². The normalized spacial score (nSPS) is 34.7. The van der Waals surface area contributed by atoms with Gasteiger partial charge in [0.05, 0.1) is 6.04 Å². The van der Waals surface area contributed by atoms with Gasteiger partial charge in [-0.25, -0.2) is 0 Å². The third-order valence-electron chi connectivity index (χ3n) is 6.94. The molecule has 0 spiro atoms. The highest BCUT2D eigenvalue weighted by Crippen LogP contribution is 2.45. The number of piperidine rings is 3. The van der Waals surface area contributed by atoms with Gasteiger partial charge >= 0.3 is 0 Å². The predicted octanol–water partition coefficient (Wildman–Crippen LogP) is 3.72. The third kappa shape index (κ3) is 2.64. The van der Waals surface area contributed by atoms with Gasteiger partial charge < -0.3 is 4.90 Å². The molecule has 3 heteroatoms. The molecule has 1 aliphatic carbocycles. The largest absolute Gasteiger partial charge is 0.332 e. The SMILES string of the molecule is O=C(c1ccccc1)N1CCCC2=C[C@@H]3C[C@@H](CN4CCCC[C@@H]34)[C@@H]21. The Balaban J connectivity index is 1.46. The first kappa shape index (κ1) is 15.6. The molecule has 0 radical (unpaired) electrons. The molecule has 4 atom stereocenters. The van der Waals surface area contributed by atoms with Gasteiger partial charge in [-0.1, -0.05) is 36.3 Å². The van der Waals surface area contributed by atoms with Gasteiger partial charge in [-0.05, 0) is 62.6 Å². The minimum Gasteiger partial charge on any atom is -0.332 e. The zero-order valence-corrected chi connectivity index (χ0v) is 14.9. The first-order valence-electron chi connectivity index (χ1n) is 10.1. The number of hydrogen-bond donors (Lipinski definition) is 0. The van der Waals surface area contributed by atoms with E-state index in [-0.39, 0.29) is 5.91 Å². The first-order valence-corrected chi connectivity index (χ1v) is 10.1. The second-order valence-electron chi connectivity index (χ2n) is 8.37. The average Bonchev–Trinajstić information content (AvgIpc) is 2.68. The molecule has 0 saturated carbocycles. The molecule has 4 aliphatic rings. The van der Waals surface area contributed by atoms with Crippen molar-refractivity contribution in [3.8, 4) is 0 Å². The number of hydrogen-bond acceptors (Lipinski definition) is 2. The molecule has 3 nitrogen and oxygen atoms in total. The van der Waals surface area contributed by atoms with Crippen LogP contribution in [0.15, 0.2) is 42.0 Å². The second-order valence-corrected chi connectivity index (χ2v) is 8.37. The summed E-state index contributed by atoms with van der Waals surface area (Å²) >= 11 is 0. The van der Waals surface area contributed by atoms with Crippen molar-refractivity contribution in [1.82, 2.24) is 9.80 Å². The van der Waals surface area contributed by atoms with Crippen molar-refractivity contribution in [2.75, 3.05) is 19.6 Å². The van der Waals surface area contributed by atoms with Gasteiger partial charge in [0, 0.05) is 24.7 Å². The lowest BCUT2D eigenvalue weighted by Crippen LogP contribution is -2.60. The number of rotatable bonds is 1. The lowest BCUT2D eigenvalue weighted by Gasteiger charge is -2.54. The van der Waals surface area contributed by atoms with Crippen molar-refractivity contribution < 1.29 is 4.79 Å². The summed E-state index contributed by atoms with van der Waals surface area (Å²) in [6, 6.07) is 11.0. The van der Waals surface area contributed by atoms with Crippen LogP contribution >= 0.6 is 0 Å². The number of nitrogens with zero attached hydrogens (tertiary/aromatic N) is 2. The van der Waals surface area contributed by atoms with E-state index in [0.717, 1.165) is 30.5 Å². The summed E-state index contributed by atoms with van der Waals surface area (Å²) < 4.78 is 0. The van der Waals surface area contributed by atoms with Gasteiger partial charge in [0.2, 0.25) is 0 Å². The number of carbonyl (C=O) groups excluding carboxylic acids is 1. The van der Waals surface area contributed by atoms with E-state index in [0.29, 0.717) is 12.0 Å². The highest BCUT2D eigenvalue weighted by Gasteiger charge is 2.46. The van der Waals surface area contributed by atoms with Crippen molar-refractivity contribution in [3.63, 3.8) is 0 Å². The van der Waals surface area contributed by atoms with Gasteiger partial charge in [-0.2, -0.15) is 0 Å². The maximum absolute atomic E-state index is 13.2. The van der Waals surface area contributed by atoms with E-state index in [1.54, 1.807) is 5.57 Å². The molecule has 0 N–H and O–H groups in total. The topological polar surface area (TPSA) is 23.6 Å². The van der Waals surface area contributed by atoms with Gasteiger partial charge in [0.15, 0.2) is 0 Å².